The van der Waals surface area contributed by atoms with E-state index in [0.29, 0.717) is 16.7 Å². The lowest BCUT2D eigenvalue weighted by Crippen LogP contribution is -2.17. The van der Waals surface area contributed by atoms with Crippen LogP contribution in [0.25, 0.3) is 6.08 Å². The lowest BCUT2D eigenvalue weighted by Gasteiger charge is -2.18. The maximum atomic E-state index is 12.2. The van der Waals surface area contributed by atoms with E-state index in [1.54, 1.807) is 30.3 Å². The van der Waals surface area contributed by atoms with E-state index in [1.165, 1.54) is 18.2 Å². The van der Waals surface area contributed by atoms with Crippen LogP contribution in [-0.2, 0) is 10.1 Å². The number of aromatic hydroxyl groups is 1. The van der Waals surface area contributed by atoms with Gasteiger partial charge in [0.15, 0.2) is 0 Å². The molecule has 0 aliphatic heterocycles. The molecule has 2 aromatic rings. The monoisotopic (exact) mass is 428 g/mol. The van der Waals surface area contributed by atoms with E-state index in [1.807, 2.05) is 0 Å². The molecule has 1 atom stereocenters. The number of alkyl halides is 3. The largest absolute Gasteiger partial charge is 0.508 e. The molecule has 2 N–H and O–H groups in total. The molecule has 5 nitrogen and oxygen atoms in total. The van der Waals surface area contributed by atoms with E-state index in [0.717, 1.165) is 5.56 Å². The minimum atomic E-state index is -4.43. The van der Waals surface area contributed by atoms with Gasteiger partial charge >= 0.3 is 16.3 Å². The SMILES string of the molecule is O=S(=O)(CCCC(F)(F)F)Oc1cccc(C2C(CO)=Cc3cccc(O)c32)c1. The van der Waals surface area contributed by atoms with Gasteiger partial charge in [-0.1, -0.05) is 30.3 Å². The molecule has 0 saturated heterocycles. The summed E-state index contributed by atoms with van der Waals surface area (Å²) in [5.41, 5.74) is 2.52. The second kappa shape index (κ2) is 8.08. The van der Waals surface area contributed by atoms with Gasteiger partial charge in [0.2, 0.25) is 0 Å². The number of aliphatic hydroxyl groups excluding tert-OH is 1. The van der Waals surface area contributed by atoms with Crippen LogP contribution in [0.15, 0.2) is 48.0 Å². The minimum Gasteiger partial charge on any atom is -0.508 e. The van der Waals surface area contributed by atoms with E-state index < -0.39 is 40.8 Å². The molecule has 0 spiro atoms. The topological polar surface area (TPSA) is 83.8 Å². The van der Waals surface area contributed by atoms with Crippen LogP contribution in [0.4, 0.5) is 13.2 Å². The lowest BCUT2D eigenvalue weighted by atomic mass is 9.88. The third kappa shape index (κ3) is 5.10. The molecule has 0 bridgehead atoms. The minimum absolute atomic E-state index is 0.0401. The van der Waals surface area contributed by atoms with Crippen molar-refractivity contribution in [1.29, 1.82) is 0 Å². The van der Waals surface area contributed by atoms with Gasteiger partial charge in [0.1, 0.15) is 11.5 Å². The summed E-state index contributed by atoms with van der Waals surface area (Å²) < 4.78 is 65.7. The Morgan fingerprint density at radius 2 is 1.83 bits per heavy atom. The van der Waals surface area contributed by atoms with Crippen molar-refractivity contribution in [3.8, 4) is 11.5 Å². The number of phenolic OH excluding ortho intramolecular Hbond substituents is 1. The number of hydrogen-bond donors (Lipinski definition) is 2. The Balaban J connectivity index is 1.83. The number of fused-ring (bicyclic) bond motifs is 1. The second-order valence-corrected chi connectivity index (χ2v) is 8.42. The van der Waals surface area contributed by atoms with Crippen molar-refractivity contribution in [1.82, 2.24) is 0 Å². The molecule has 3 rings (SSSR count). The molecule has 1 unspecified atom stereocenters. The van der Waals surface area contributed by atoms with Gasteiger partial charge in [-0.15, -0.1) is 0 Å². The van der Waals surface area contributed by atoms with Gasteiger partial charge in [0, 0.05) is 17.9 Å². The van der Waals surface area contributed by atoms with Gasteiger partial charge in [-0.05, 0) is 41.3 Å². The zero-order valence-corrected chi connectivity index (χ0v) is 16.0. The van der Waals surface area contributed by atoms with Crippen LogP contribution in [-0.4, -0.2) is 37.2 Å². The van der Waals surface area contributed by atoms with Crippen molar-refractivity contribution in [2.75, 3.05) is 12.4 Å². The average molecular weight is 428 g/mol. The predicted molar refractivity (Wildman–Crippen MR) is 101 cm³/mol. The molecule has 1 aliphatic rings. The quantitative estimate of drug-likeness (QED) is 0.652. The number of rotatable bonds is 7. The summed E-state index contributed by atoms with van der Waals surface area (Å²) in [6, 6.07) is 11.0. The normalized spacial score (nSPS) is 16.4. The third-order valence-electron chi connectivity index (χ3n) is 4.57. The highest BCUT2D eigenvalue weighted by atomic mass is 32.2. The molecule has 0 aromatic heterocycles. The summed E-state index contributed by atoms with van der Waals surface area (Å²) in [6.45, 7) is -0.264. The van der Waals surface area contributed by atoms with Crippen LogP contribution in [0.5, 0.6) is 11.5 Å². The number of hydrogen-bond acceptors (Lipinski definition) is 5. The highest BCUT2D eigenvalue weighted by molar-refractivity contribution is 7.87. The zero-order valence-electron chi connectivity index (χ0n) is 15.2. The fourth-order valence-electron chi connectivity index (χ4n) is 3.38. The summed E-state index contributed by atoms with van der Waals surface area (Å²) >= 11 is 0. The molecule has 0 saturated carbocycles. The van der Waals surface area contributed by atoms with Crippen molar-refractivity contribution < 1.29 is 36.0 Å². The Kier molecular flexibility index (Phi) is 5.90. The van der Waals surface area contributed by atoms with E-state index in [2.05, 4.69) is 0 Å². The van der Waals surface area contributed by atoms with E-state index >= 15 is 0 Å². The van der Waals surface area contributed by atoms with Crippen LogP contribution in [0.2, 0.25) is 0 Å². The molecule has 2 aromatic carbocycles. The molecule has 0 amide bonds. The predicted octanol–water partition coefficient (Wildman–Crippen LogP) is 3.96. The van der Waals surface area contributed by atoms with Gasteiger partial charge in [0.05, 0.1) is 12.4 Å². The van der Waals surface area contributed by atoms with Crippen LogP contribution in [0.1, 0.15) is 35.4 Å². The Labute approximate surface area is 166 Å². The van der Waals surface area contributed by atoms with Gasteiger partial charge in [0.25, 0.3) is 0 Å². The summed E-state index contributed by atoms with van der Waals surface area (Å²) in [7, 11) is -4.20. The van der Waals surface area contributed by atoms with Crippen molar-refractivity contribution in [3.05, 3.63) is 64.7 Å². The van der Waals surface area contributed by atoms with Crippen molar-refractivity contribution in [2.45, 2.75) is 24.9 Å². The zero-order chi connectivity index (χ0) is 21.2. The molecule has 0 radical (unpaired) electrons. The molecule has 1 aliphatic carbocycles. The Morgan fingerprint density at radius 3 is 2.52 bits per heavy atom. The number of benzene rings is 2. The molecule has 29 heavy (non-hydrogen) atoms. The maximum Gasteiger partial charge on any atom is 0.389 e. The van der Waals surface area contributed by atoms with Crippen molar-refractivity contribution in [2.24, 2.45) is 0 Å². The Bertz CT molecular complexity index is 1030. The lowest BCUT2D eigenvalue weighted by molar-refractivity contribution is -0.134. The third-order valence-corrected chi connectivity index (χ3v) is 5.80. The van der Waals surface area contributed by atoms with Gasteiger partial charge in [-0.2, -0.15) is 21.6 Å². The Hall–Kier alpha value is -2.52. The summed E-state index contributed by atoms with van der Waals surface area (Å²) in [4.78, 5) is 0. The molecule has 0 fully saturated rings. The van der Waals surface area contributed by atoms with E-state index in [9.17, 15) is 31.8 Å². The van der Waals surface area contributed by atoms with Crippen LogP contribution in [0.3, 0.4) is 0 Å². The first kappa shape index (κ1) is 21.2. The number of phenols is 1. The first-order valence-electron chi connectivity index (χ1n) is 8.82. The molecular formula is C20H19F3O5S. The van der Waals surface area contributed by atoms with Crippen LogP contribution < -0.4 is 4.18 Å². The first-order chi connectivity index (χ1) is 13.6. The standard InChI is InChI=1S/C20H19F3O5S/c21-20(22,23)8-3-9-29(26,27)28-16-6-1-4-14(11-16)18-15(12-24)10-13-5-2-7-17(25)19(13)18/h1-2,4-7,10-11,18,24-25H,3,8-9,12H2. The van der Waals surface area contributed by atoms with Crippen molar-refractivity contribution in [3.63, 3.8) is 0 Å². The molecule has 9 heteroatoms. The average Bonchev–Trinajstić information content (AvgIpc) is 3.00. The summed E-state index contributed by atoms with van der Waals surface area (Å²) in [5, 5.41) is 20.0. The second-order valence-electron chi connectivity index (χ2n) is 6.73. The number of halogens is 3. The fourth-order valence-corrected chi connectivity index (χ4v) is 4.36. The highest BCUT2D eigenvalue weighted by Crippen LogP contribution is 2.45. The highest BCUT2D eigenvalue weighted by Gasteiger charge is 2.30. The van der Waals surface area contributed by atoms with Crippen molar-refractivity contribution >= 4 is 16.2 Å². The number of aliphatic hydroxyl groups is 1. The smallest absolute Gasteiger partial charge is 0.389 e. The van der Waals surface area contributed by atoms with Crippen LogP contribution in [0, 0.1) is 0 Å². The summed E-state index contributed by atoms with van der Waals surface area (Å²) in [5.74, 6) is -1.26. The Morgan fingerprint density at radius 1 is 1.10 bits per heavy atom. The summed E-state index contributed by atoms with van der Waals surface area (Å²) in [6.07, 6.45) is -4.48. The van der Waals surface area contributed by atoms with Gasteiger partial charge in [-0.25, -0.2) is 0 Å². The molecule has 156 valence electrons. The molecule has 0 heterocycles. The first-order valence-corrected chi connectivity index (χ1v) is 10.4. The van der Waals surface area contributed by atoms with E-state index in [4.69, 9.17) is 4.18 Å². The van der Waals surface area contributed by atoms with Crippen LogP contribution >= 0.6 is 0 Å². The molecular weight excluding hydrogens is 409 g/mol. The van der Waals surface area contributed by atoms with Gasteiger partial charge in [-0.3, -0.25) is 0 Å². The fraction of sp³-hybridized carbons (Fsp3) is 0.300. The van der Waals surface area contributed by atoms with E-state index in [-0.39, 0.29) is 18.1 Å². The maximum absolute atomic E-state index is 12.2. The van der Waals surface area contributed by atoms with Gasteiger partial charge < -0.3 is 14.4 Å².